The first-order valence-corrected chi connectivity index (χ1v) is 6.54. The highest BCUT2D eigenvalue weighted by Crippen LogP contribution is 2.44. The maximum Gasteiger partial charge on any atom is 0.150 e. The number of nitrogens with zero attached hydrogens (tertiary/aromatic N) is 1. The van der Waals surface area contributed by atoms with E-state index in [1.807, 2.05) is 0 Å². The zero-order valence-corrected chi connectivity index (χ0v) is 9.91. The Balaban J connectivity index is 1.53. The first kappa shape index (κ1) is 10.3. The fourth-order valence-corrected chi connectivity index (χ4v) is 2.45. The van der Waals surface area contributed by atoms with Crippen LogP contribution in [0.3, 0.4) is 0 Å². The number of aromatic nitrogens is 1. The third-order valence-corrected chi connectivity index (χ3v) is 3.74. The molecule has 0 bridgehead atoms. The first-order valence-electron chi connectivity index (χ1n) is 6.54. The lowest BCUT2D eigenvalue weighted by molar-refractivity contribution is 0.341. The Kier molecular flexibility index (Phi) is 2.72. The maximum absolute atomic E-state index is 5.29. The summed E-state index contributed by atoms with van der Waals surface area (Å²) in [7, 11) is 0. The molecule has 1 heterocycles. The van der Waals surface area contributed by atoms with Gasteiger partial charge in [0.25, 0.3) is 0 Å². The van der Waals surface area contributed by atoms with Crippen molar-refractivity contribution in [2.75, 3.05) is 0 Å². The van der Waals surface area contributed by atoms with Crippen molar-refractivity contribution in [1.29, 1.82) is 0 Å². The van der Waals surface area contributed by atoms with Gasteiger partial charge in [-0.1, -0.05) is 12.1 Å². The van der Waals surface area contributed by atoms with Crippen LogP contribution >= 0.6 is 0 Å². The molecule has 1 aromatic heterocycles. The number of hydrogen-bond acceptors (Lipinski definition) is 3. The summed E-state index contributed by atoms with van der Waals surface area (Å²) >= 11 is 0. The minimum absolute atomic E-state index is 0.746. The summed E-state index contributed by atoms with van der Waals surface area (Å²) in [6, 6.07) is 2.82. The molecule has 0 amide bonds. The standard InChI is InChI=1S/C13H20N2O/c1-2-11-7-12(16-15-11)8-14-13(9-3-4-9)10-5-6-10/h7,9-10,13-14H,2-6,8H2,1H3. The second-order valence-electron chi connectivity index (χ2n) is 5.22. The lowest BCUT2D eigenvalue weighted by atomic mass is 10.1. The Labute approximate surface area is 96.6 Å². The second kappa shape index (κ2) is 4.21. The normalized spacial score (nSPS) is 20.6. The van der Waals surface area contributed by atoms with Crippen molar-refractivity contribution in [3.8, 4) is 0 Å². The number of aryl methyl sites for hydroxylation is 1. The highest BCUT2D eigenvalue weighted by molar-refractivity contribution is 5.06. The highest BCUT2D eigenvalue weighted by atomic mass is 16.5. The molecule has 3 rings (SSSR count). The van der Waals surface area contributed by atoms with Gasteiger partial charge in [0.1, 0.15) is 0 Å². The van der Waals surface area contributed by atoms with E-state index in [-0.39, 0.29) is 0 Å². The summed E-state index contributed by atoms with van der Waals surface area (Å²) < 4.78 is 5.29. The van der Waals surface area contributed by atoms with Crippen LogP contribution < -0.4 is 5.32 Å². The zero-order valence-electron chi connectivity index (χ0n) is 9.91. The molecule has 0 unspecified atom stereocenters. The molecule has 2 aliphatic carbocycles. The van der Waals surface area contributed by atoms with E-state index < -0.39 is 0 Å². The Morgan fingerprint density at radius 3 is 2.56 bits per heavy atom. The van der Waals surface area contributed by atoms with Gasteiger partial charge in [-0.15, -0.1) is 0 Å². The molecule has 0 atom stereocenters. The van der Waals surface area contributed by atoms with Gasteiger partial charge >= 0.3 is 0 Å². The van der Waals surface area contributed by atoms with Gasteiger partial charge in [0.2, 0.25) is 0 Å². The van der Waals surface area contributed by atoms with Gasteiger partial charge in [0.05, 0.1) is 12.2 Å². The van der Waals surface area contributed by atoms with Crippen LogP contribution in [0, 0.1) is 11.8 Å². The van der Waals surface area contributed by atoms with Crippen LogP contribution in [0.5, 0.6) is 0 Å². The van der Waals surface area contributed by atoms with Gasteiger partial charge in [0, 0.05) is 12.1 Å². The Morgan fingerprint density at radius 1 is 1.38 bits per heavy atom. The van der Waals surface area contributed by atoms with E-state index in [1.165, 1.54) is 25.7 Å². The average Bonchev–Trinajstić information content (AvgIpc) is 3.20. The molecule has 0 radical (unpaired) electrons. The molecule has 3 heteroatoms. The van der Waals surface area contributed by atoms with E-state index >= 15 is 0 Å². The molecule has 0 aromatic carbocycles. The predicted octanol–water partition coefficient (Wildman–Crippen LogP) is 2.52. The van der Waals surface area contributed by atoms with Crippen molar-refractivity contribution < 1.29 is 4.52 Å². The lowest BCUT2D eigenvalue weighted by Gasteiger charge is -2.16. The first-order chi connectivity index (χ1) is 7.86. The third kappa shape index (κ3) is 2.29. The molecule has 1 N–H and O–H groups in total. The second-order valence-corrected chi connectivity index (χ2v) is 5.22. The molecule has 88 valence electrons. The third-order valence-electron chi connectivity index (χ3n) is 3.74. The molecule has 3 nitrogen and oxygen atoms in total. The molecule has 2 saturated carbocycles. The van der Waals surface area contributed by atoms with Crippen molar-refractivity contribution >= 4 is 0 Å². The minimum Gasteiger partial charge on any atom is -0.360 e. The largest absolute Gasteiger partial charge is 0.360 e. The van der Waals surface area contributed by atoms with Gasteiger partial charge in [-0.25, -0.2) is 0 Å². The summed E-state index contributed by atoms with van der Waals surface area (Å²) in [5.41, 5.74) is 1.06. The molecular weight excluding hydrogens is 200 g/mol. The van der Waals surface area contributed by atoms with Gasteiger partial charge in [-0.3, -0.25) is 0 Å². The summed E-state index contributed by atoms with van der Waals surface area (Å²) in [5.74, 6) is 2.88. The SMILES string of the molecule is CCc1cc(CNC(C2CC2)C2CC2)on1. The van der Waals surface area contributed by atoms with Crippen LogP contribution in [0.2, 0.25) is 0 Å². The Morgan fingerprint density at radius 2 is 2.06 bits per heavy atom. The smallest absolute Gasteiger partial charge is 0.150 e. The molecular formula is C13H20N2O. The summed E-state index contributed by atoms with van der Waals surface area (Å²) in [4.78, 5) is 0. The van der Waals surface area contributed by atoms with Crippen molar-refractivity contribution in [3.63, 3.8) is 0 Å². The Hall–Kier alpha value is -0.830. The van der Waals surface area contributed by atoms with Gasteiger partial charge in [0.15, 0.2) is 5.76 Å². The maximum atomic E-state index is 5.29. The fraction of sp³-hybridized carbons (Fsp3) is 0.769. The van der Waals surface area contributed by atoms with Crippen molar-refractivity contribution in [2.45, 2.75) is 51.6 Å². The Bertz CT molecular complexity index is 341. The van der Waals surface area contributed by atoms with Gasteiger partial charge < -0.3 is 9.84 Å². The van der Waals surface area contributed by atoms with Crippen LogP contribution in [-0.4, -0.2) is 11.2 Å². The number of hydrogen-bond donors (Lipinski definition) is 1. The number of nitrogens with one attached hydrogen (secondary N) is 1. The molecule has 1 aromatic rings. The quantitative estimate of drug-likeness (QED) is 0.800. The molecule has 2 fully saturated rings. The minimum atomic E-state index is 0.746. The van der Waals surface area contributed by atoms with Gasteiger partial charge in [-0.2, -0.15) is 0 Å². The monoisotopic (exact) mass is 220 g/mol. The molecule has 0 saturated heterocycles. The molecule has 16 heavy (non-hydrogen) atoms. The van der Waals surface area contributed by atoms with E-state index in [0.717, 1.165) is 42.3 Å². The van der Waals surface area contributed by atoms with E-state index in [9.17, 15) is 0 Å². The van der Waals surface area contributed by atoms with E-state index in [0.29, 0.717) is 0 Å². The van der Waals surface area contributed by atoms with Crippen LogP contribution in [0.15, 0.2) is 10.6 Å². The van der Waals surface area contributed by atoms with E-state index in [2.05, 4.69) is 23.5 Å². The lowest BCUT2D eigenvalue weighted by Crippen LogP contribution is -2.32. The van der Waals surface area contributed by atoms with E-state index in [1.54, 1.807) is 0 Å². The van der Waals surface area contributed by atoms with Crippen molar-refractivity contribution in [3.05, 3.63) is 17.5 Å². The van der Waals surface area contributed by atoms with Crippen LogP contribution in [0.25, 0.3) is 0 Å². The number of rotatable bonds is 6. The summed E-state index contributed by atoms with van der Waals surface area (Å²) in [5, 5.41) is 7.68. The topological polar surface area (TPSA) is 38.1 Å². The molecule has 0 aliphatic heterocycles. The average molecular weight is 220 g/mol. The van der Waals surface area contributed by atoms with Crippen LogP contribution in [-0.2, 0) is 13.0 Å². The zero-order chi connectivity index (χ0) is 11.0. The fourth-order valence-electron chi connectivity index (χ4n) is 2.45. The molecule has 2 aliphatic rings. The van der Waals surface area contributed by atoms with Crippen molar-refractivity contribution in [2.24, 2.45) is 11.8 Å². The van der Waals surface area contributed by atoms with Gasteiger partial charge in [-0.05, 0) is 43.9 Å². The predicted molar refractivity (Wildman–Crippen MR) is 62.0 cm³/mol. The summed E-state index contributed by atoms with van der Waals surface area (Å²) in [6.45, 7) is 2.96. The molecule has 0 spiro atoms. The van der Waals surface area contributed by atoms with Crippen LogP contribution in [0.4, 0.5) is 0 Å². The van der Waals surface area contributed by atoms with Crippen molar-refractivity contribution in [1.82, 2.24) is 10.5 Å². The van der Waals surface area contributed by atoms with E-state index in [4.69, 9.17) is 4.52 Å². The highest BCUT2D eigenvalue weighted by Gasteiger charge is 2.41. The summed E-state index contributed by atoms with van der Waals surface area (Å²) in [6.07, 6.45) is 6.64. The van der Waals surface area contributed by atoms with Crippen LogP contribution in [0.1, 0.15) is 44.1 Å².